The van der Waals surface area contributed by atoms with Gasteiger partial charge in [-0.3, -0.25) is 4.79 Å². The molecule has 5 heteroatoms. The maximum Gasteiger partial charge on any atom is 0.338 e. The zero-order chi connectivity index (χ0) is 11.2. The Morgan fingerprint density at radius 3 is 1.93 bits per heavy atom. The predicted molar refractivity (Wildman–Crippen MR) is 56.5 cm³/mol. The van der Waals surface area contributed by atoms with Gasteiger partial charge in [-0.05, 0) is 27.7 Å². The minimum Gasteiger partial charge on any atom is -0.469 e. The highest BCUT2D eigenvalue weighted by molar-refractivity contribution is 6.54. The van der Waals surface area contributed by atoms with Gasteiger partial charge in [-0.1, -0.05) is 0 Å². The Hall–Kier alpha value is -0.393. The van der Waals surface area contributed by atoms with Gasteiger partial charge in [-0.2, -0.15) is 0 Å². The molecule has 0 aliphatic carbocycles. The van der Waals surface area contributed by atoms with Crippen LogP contribution in [0, 0.1) is 0 Å². The van der Waals surface area contributed by atoms with E-state index >= 15 is 0 Å². The van der Waals surface area contributed by atoms with Crippen molar-refractivity contribution in [2.24, 2.45) is 0 Å². The van der Waals surface area contributed by atoms with Crippen LogP contribution in [0.25, 0.3) is 0 Å². The Balaban J connectivity index is 4.51. The SMILES string of the molecule is CCO[SiH](OCC)C(C)(C)C(=O)OC. The van der Waals surface area contributed by atoms with Gasteiger partial charge in [0.1, 0.15) is 5.04 Å². The first-order valence-corrected chi connectivity index (χ1v) is 6.34. The monoisotopic (exact) mass is 220 g/mol. The molecule has 0 N–H and O–H groups in total. The second-order valence-corrected chi connectivity index (χ2v) is 6.23. The second-order valence-electron chi connectivity index (χ2n) is 3.46. The molecule has 0 aliphatic heterocycles. The number of methoxy groups -OCH3 is 1. The summed E-state index contributed by atoms with van der Waals surface area (Å²) in [5, 5.41) is -0.638. The van der Waals surface area contributed by atoms with E-state index in [2.05, 4.69) is 0 Å². The van der Waals surface area contributed by atoms with Crippen molar-refractivity contribution in [2.75, 3.05) is 20.3 Å². The van der Waals surface area contributed by atoms with Crippen LogP contribution in [0.4, 0.5) is 0 Å². The van der Waals surface area contributed by atoms with Gasteiger partial charge < -0.3 is 13.6 Å². The molecule has 0 radical (unpaired) electrons. The van der Waals surface area contributed by atoms with Crippen LogP contribution in [0.3, 0.4) is 0 Å². The van der Waals surface area contributed by atoms with Crippen LogP contribution in [-0.2, 0) is 18.4 Å². The summed E-state index contributed by atoms with van der Waals surface area (Å²) in [6.07, 6.45) is 0. The largest absolute Gasteiger partial charge is 0.469 e. The lowest BCUT2D eigenvalue weighted by atomic mass is 10.2. The molecule has 0 aliphatic rings. The number of hydrogen-bond donors (Lipinski definition) is 0. The molecule has 0 bridgehead atoms. The van der Waals surface area contributed by atoms with Gasteiger partial charge >= 0.3 is 15.3 Å². The number of hydrogen-bond acceptors (Lipinski definition) is 4. The topological polar surface area (TPSA) is 44.8 Å². The van der Waals surface area contributed by atoms with E-state index in [1.807, 2.05) is 13.8 Å². The molecular weight excluding hydrogens is 200 g/mol. The Morgan fingerprint density at radius 2 is 1.64 bits per heavy atom. The third-order valence-electron chi connectivity index (χ3n) is 1.94. The second kappa shape index (κ2) is 6.16. The Labute approximate surface area is 87.4 Å². The molecule has 0 saturated carbocycles. The summed E-state index contributed by atoms with van der Waals surface area (Å²) < 4.78 is 15.7. The average molecular weight is 220 g/mol. The van der Waals surface area contributed by atoms with Gasteiger partial charge in [-0.15, -0.1) is 0 Å². The number of ether oxygens (including phenoxy) is 1. The highest BCUT2D eigenvalue weighted by atomic mass is 28.3. The first kappa shape index (κ1) is 13.6. The van der Waals surface area contributed by atoms with E-state index in [4.69, 9.17) is 13.6 Å². The van der Waals surface area contributed by atoms with E-state index in [-0.39, 0.29) is 5.97 Å². The summed E-state index contributed by atoms with van der Waals surface area (Å²) >= 11 is 0. The molecule has 0 aromatic rings. The third-order valence-corrected chi connectivity index (χ3v) is 4.62. The van der Waals surface area contributed by atoms with Crippen LogP contribution in [-0.4, -0.2) is 35.6 Å². The van der Waals surface area contributed by atoms with Crippen molar-refractivity contribution in [3.63, 3.8) is 0 Å². The molecule has 0 atom stereocenters. The molecule has 0 saturated heterocycles. The minimum absolute atomic E-state index is 0.268. The van der Waals surface area contributed by atoms with Crippen LogP contribution in [0.5, 0.6) is 0 Å². The van der Waals surface area contributed by atoms with E-state index in [0.29, 0.717) is 13.2 Å². The predicted octanol–water partition coefficient (Wildman–Crippen LogP) is 1.23. The summed E-state index contributed by atoms with van der Waals surface area (Å²) in [6, 6.07) is 0. The van der Waals surface area contributed by atoms with Gasteiger partial charge in [0.15, 0.2) is 0 Å². The van der Waals surface area contributed by atoms with E-state index in [1.165, 1.54) is 7.11 Å². The Morgan fingerprint density at radius 1 is 1.21 bits per heavy atom. The molecular formula is C9H20O4Si. The van der Waals surface area contributed by atoms with Gasteiger partial charge in [0.05, 0.1) is 7.11 Å². The fourth-order valence-electron chi connectivity index (χ4n) is 1.13. The summed E-state index contributed by atoms with van der Waals surface area (Å²) in [5.41, 5.74) is 0. The van der Waals surface area contributed by atoms with Gasteiger partial charge in [0.2, 0.25) is 0 Å². The standard InChI is InChI=1S/C9H20O4Si/c1-6-12-14(13-7-2)9(3,4)8(10)11-5/h14H,6-7H2,1-5H3. The van der Waals surface area contributed by atoms with Crippen molar-refractivity contribution in [2.45, 2.75) is 32.7 Å². The zero-order valence-corrected chi connectivity index (χ0v) is 10.8. The van der Waals surface area contributed by atoms with E-state index < -0.39 is 14.3 Å². The van der Waals surface area contributed by atoms with Crippen molar-refractivity contribution < 1.29 is 18.4 Å². The molecule has 0 rings (SSSR count). The maximum atomic E-state index is 11.5. The first-order valence-electron chi connectivity index (χ1n) is 4.82. The number of carbonyl (C=O) groups excluding carboxylic acids is 1. The summed E-state index contributed by atoms with van der Waals surface area (Å²) in [7, 11) is -0.611. The molecule has 0 amide bonds. The van der Waals surface area contributed by atoms with Gasteiger partial charge in [0.25, 0.3) is 0 Å². The Kier molecular flexibility index (Phi) is 5.99. The Bertz CT molecular complexity index is 176. The smallest absolute Gasteiger partial charge is 0.338 e. The molecule has 14 heavy (non-hydrogen) atoms. The molecule has 0 unspecified atom stereocenters. The van der Waals surface area contributed by atoms with Crippen LogP contribution >= 0.6 is 0 Å². The molecule has 0 aromatic carbocycles. The fourth-order valence-corrected chi connectivity index (χ4v) is 2.97. The molecule has 84 valence electrons. The maximum absolute atomic E-state index is 11.5. The van der Waals surface area contributed by atoms with Gasteiger partial charge in [0, 0.05) is 13.2 Å². The fraction of sp³-hybridized carbons (Fsp3) is 0.889. The lowest BCUT2D eigenvalue weighted by Gasteiger charge is -2.28. The zero-order valence-electron chi connectivity index (χ0n) is 9.62. The number of carbonyl (C=O) groups is 1. The van der Waals surface area contributed by atoms with Gasteiger partial charge in [-0.25, -0.2) is 0 Å². The lowest BCUT2D eigenvalue weighted by Crippen LogP contribution is -2.40. The number of rotatable bonds is 6. The van der Waals surface area contributed by atoms with Crippen LogP contribution in [0.2, 0.25) is 5.04 Å². The van der Waals surface area contributed by atoms with Crippen molar-refractivity contribution >= 4 is 15.3 Å². The van der Waals surface area contributed by atoms with Crippen LogP contribution < -0.4 is 0 Å². The summed E-state index contributed by atoms with van der Waals surface area (Å²) in [5.74, 6) is -0.268. The normalized spacial score (nSPS) is 11.9. The van der Waals surface area contributed by atoms with Crippen LogP contribution in [0.15, 0.2) is 0 Å². The number of esters is 1. The highest BCUT2D eigenvalue weighted by Gasteiger charge is 2.42. The van der Waals surface area contributed by atoms with Crippen molar-refractivity contribution in [3.8, 4) is 0 Å². The molecule has 0 heterocycles. The molecule has 0 fully saturated rings. The highest BCUT2D eigenvalue weighted by Crippen LogP contribution is 2.30. The molecule has 0 spiro atoms. The minimum atomic E-state index is -1.99. The summed E-state index contributed by atoms with van der Waals surface area (Å²) in [4.78, 5) is 11.5. The molecule has 4 nitrogen and oxygen atoms in total. The summed E-state index contributed by atoms with van der Waals surface area (Å²) in [6.45, 7) is 8.54. The third kappa shape index (κ3) is 3.40. The first-order chi connectivity index (χ1) is 6.50. The van der Waals surface area contributed by atoms with Crippen molar-refractivity contribution in [1.82, 2.24) is 0 Å². The van der Waals surface area contributed by atoms with E-state index in [9.17, 15) is 4.79 Å². The average Bonchev–Trinajstić information content (AvgIpc) is 2.16. The van der Waals surface area contributed by atoms with Crippen LogP contribution in [0.1, 0.15) is 27.7 Å². The van der Waals surface area contributed by atoms with Crippen molar-refractivity contribution in [3.05, 3.63) is 0 Å². The van der Waals surface area contributed by atoms with Crippen molar-refractivity contribution in [1.29, 1.82) is 0 Å². The quantitative estimate of drug-likeness (QED) is 0.499. The van der Waals surface area contributed by atoms with E-state index in [1.54, 1.807) is 13.8 Å². The van der Waals surface area contributed by atoms with E-state index in [0.717, 1.165) is 0 Å². The lowest BCUT2D eigenvalue weighted by molar-refractivity contribution is -0.144. The molecule has 0 aromatic heterocycles.